The van der Waals surface area contributed by atoms with Crippen molar-refractivity contribution in [2.24, 2.45) is 0 Å². The van der Waals surface area contributed by atoms with Crippen LogP contribution in [0.4, 0.5) is 0 Å². The van der Waals surface area contributed by atoms with Gasteiger partial charge in [0.25, 0.3) is 0 Å². The van der Waals surface area contributed by atoms with Crippen molar-refractivity contribution in [1.82, 2.24) is 5.32 Å². The lowest BCUT2D eigenvalue weighted by molar-refractivity contribution is 0.475. The van der Waals surface area contributed by atoms with E-state index in [0.717, 1.165) is 0 Å². The fourth-order valence-corrected chi connectivity index (χ4v) is 3.64. The van der Waals surface area contributed by atoms with Crippen molar-refractivity contribution in [2.75, 3.05) is 7.05 Å². The van der Waals surface area contributed by atoms with Gasteiger partial charge in [0.05, 0.1) is 0 Å². The second-order valence-electron chi connectivity index (χ2n) is 4.63. The lowest BCUT2D eigenvalue weighted by atomic mass is 10.0. The highest BCUT2D eigenvalue weighted by Gasteiger charge is 2.06. The van der Waals surface area contributed by atoms with Gasteiger partial charge in [0.1, 0.15) is 0 Å². The van der Waals surface area contributed by atoms with E-state index in [4.69, 9.17) is 0 Å². The van der Waals surface area contributed by atoms with E-state index in [1.165, 1.54) is 42.5 Å². The van der Waals surface area contributed by atoms with Crippen LogP contribution in [0.3, 0.4) is 0 Å². The molecule has 1 nitrogen and oxygen atoms in total. The van der Waals surface area contributed by atoms with Crippen LogP contribution in [0.25, 0.3) is 0 Å². The van der Waals surface area contributed by atoms with Crippen LogP contribution in [0.15, 0.2) is 34.3 Å². The largest absolute Gasteiger partial charge is 0.317 e. The Labute approximate surface area is 118 Å². The zero-order valence-corrected chi connectivity index (χ0v) is 12.5. The molecule has 1 atom stereocenters. The number of thiophene rings is 2. The van der Waals surface area contributed by atoms with Crippen LogP contribution in [0.5, 0.6) is 0 Å². The first-order valence-corrected chi connectivity index (χ1v) is 8.41. The molecule has 0 aliphatic carbocycles. The van der Waals surface area contributed by atoms with Crippen LogP contribution in [0, 0.1) is 0 Å². The van der Waals surface area contributed by atoms with Crippen LogP contribution < -0.4 is 5.32 Å². The predicted molar refractivity (Wildman–Crippen MR) is 82.7 cm³/mol. The molecule has 3 heteroatoms. The highest BCUT2D eigenvalue weighted by atomic mass is 32.1. The smallest absolute Gasteiger partial charge is 0.00673 e. The average molecular weight is 279 g/mol. The molecule has 0 fully saturated rings. The van der Waals surface area contributed by atoms with E-state index in [1.807, 2.05) is 11.3 Å². The molecule has 98 valence electrons. The molecule has 1 N–H and O–H groups in total. The van der Waals surface area contributed by atoms with Crippen LogP contribution >= 0.6 is 22.7 Å². The molecule has 18 heavy (non-hydrogen) atoms. The van der Waals surface area contributed by atoms with Crippen molar-refractivity contribution >= 4 is 22.7 Å². The van der Waals surface area contributed by atoms with Gasteiger partial charge < -0.3 is 5.32 Å². The predicted octanol–water partition coefficient (Wildman–Crippen LogP) is 4.35. The lowest BCUT2D eigenvalue weighted by Crippen LogP contribution is -2.25. The molecule has 0 amide bonds. The highest BCUT2D eigenvalue weighted by molar-refractivity contribution is 7.09. The molecule has 2 aromatic heterocycles. The summed E-state index contributed by atoms with van der Waals surface area (Å²) in [5.74, 6) is 0. The first kappa shape index (κ1) is 13.8. The fourth-order valence-electron chi connectivity index (χ4n) is 2.19. The Morgan fingerprint density at radius 2 is 2.11 bits per heavy atom. The van der Waals surface area contributed by atoms with Crippen molar-refractivity contribution in [3.63, 3.8) is 0 Å². The van der Waals surface area contributed by atoms with Crippen LogP contribution in [0.2, 0.25) is 0 Å². The van der Waals surface area contributed by atoms with Crippen molar-refractivity contribution in [1.29, 1.82) is 0 Å². The van der Waals surface area contributed by atoms with Gasteiger partial charge in [-0.2, -0.15) is 11.3 Å². The molecule has 0 radical (unpaired) electrons. The van der Waals surface area contributed by atoms with E-state index >= 15 is 0 Å². The Hall–Kier alpha value is -0.640. The third kappa shape index (κ3) is 4.56. The van der Waals surface area contributed by atoms with Gasteiger partial charge in [-0.05, 0) is 73.0 Å². The van der Waals surface area contributed by atoms with Crippen molar-refractivity contribution in [2.45, 2.75) is 38.1 Å². The Morgan fingerprint density at radius 3 is 2.78 bits per heavy atom. The Kier molecular flexibility index (Phi) is 5.91. The van der Waals surface area contributed by atoms with Crippen molar-refractivity contribution in [3.8, 4) is 0 Å². The summed E-state index contributed by atoms with van der Waals surface area (Å²) < 4.78 is 0. The van der Waals surface area contributed by atoms with Crippen molar-refractivity contribution < 1.29 is 0 Å². The summed E-state index contributed by atoms with van der Waals surface area (Å²) in [6, 6.07) is 7.28. The minimum absolute atomic E-state index is 0.657. The Morgan fingerprint density at radius 1 is 1.17 bits per heavy atom. The topological polar surface area (TPSA) is 12.0 Å². The van der Waals surface area contributed by atoms with Gasteiger partial charge in [0.2, 0.25) is 0 Å². The summed E-state index contributed by atoms with van der Waals surface area (Å²) in [5, 5.41) is 10.0. The zero-order valence-electron chi connectivity index (χ0n) is 10.9. The second-order valence-corrected chi connectivity index (χ2v) is 6.44. The molecule has 0 bridgehead atoms. The molecule has 0 aliphatic rings. The number of hydrogen-bond donors (Lipinski definition) is 1. The SMILES string of the molecule is CNC(CCCc1cccs1)CCc1ccsc1. The van der Waals surface area contributed by atoms with Gasteiger partial charge in [-0.1, -0.05) is 6.07 Å². The molecule has 0 aromatic carbocycles. The molecule has 0 saturated carbocycles. The monoisotopic (exact) mass is 279 g/mol. The van der Waals surface area contributed by atoms with E-state index < -0.39 is 0 Å². The summed E-state index contributed by atoms with van der Waals surface area (Å²) in [6.07, 6.45) is 6.24. The highest BCUT2D eigenvalue weighted by Crippen LogP contribution is 2.15. The Balaban J connectivity index is 1.65. The first-order chi connectivity index (χ1) is 8.88. The quantitative estimate of drug-likeness (QED) is 0.757. The molecule has 2 rings (SSSR count). The lowest BCUT2D eigenvalue weighted by Gasteiger charge is -2.15. The van der Waals surface area contributed by atoms with Crippen LogP contribution in [-0.4, -0.2) is 13.1 Å². The minimum Gasteiger partial charge on any atom is -0.317 e. The first-order valence-electron chi connectivity index (χ1n) is 6.59. The number of hydrogen-bond acceptors (Lipinski definition) is 3. The van der Waals surface area contributed by atoms with E-state index in [-0.39, 0.29) is 0 Å². The van der Waals surface area contributed by atoms with Crippen LogP contribution in [0.1, 0.15) is 29.7 Å². The minimum atomic E-state index is 0.657. The maximum atomic E-state index is 3.45. The summed E-state index contributed by atoms with van der Waals surface area (Å²) in [4.78, 5) is 1.52. The van der Waals surface area contributed by atoms with Gasteiger partial charge in [-0.15, -0.1) is 11.3 Å². The average Bonchev–Trinajstić information content (AvgIpc) is 3.06. The molecule has 2 aromatic rings. The zero-order chi connectivity index (χ0) is 12.6. The van der Waals surface area contributed by atoms with Gasteiger partial charge in [-0.3, -0.25) is 0 Å². The maximum absolute atomic E-state index is 3.45. The second kappa shape index (κ2) is 7.72. The molecule has 0 aliphatic heterocycles. The van der Waals surface area contributed by atoms with Gasteiger partial charge >= 0.3 is 0 Å². The number of rotatable bonds is 8. The normalized spacial score (nSPS) is 12.7. The molecule has 0 spiro atoms. The van der Waals surface area contributed by atoms with Gasteiger partial charge in [0, 0.05) is 10.9 Å². The van der Waals surface area contributed by atoms with E-state index in [1.54, 1.807) is 11.3 Å². The Bertz CT molecular complexity index is 406. The van der Waals surface area contributed by atoms with Crippen molar-refractivity contribution in [3.05, 3.63) is 44.8 Å². The molecule has 0 saturated heterocycles. The molecular weight excluding hydrogens is 258 g/mol. The molecular formula is C15H21NS2. The summed E-state index contributed by atoms with van der Waals surface area (Å²) >= 11 is 3.67. The number of aryl methyl sites for hydroxylation is 2. The standard InChI is InChI=1S/C15H21NS2/c1-16-14(8-7-13-9-11-17-12-13)4-2-5-15-6-3-10-18-15/h3,6,9-12,14,16H,2,4-5,7-8H2,1H3. The van der Waals surface area contributed by atoms with Crippen LogP contribution in [-0.2, 0) is 12.8 Å². The summed E-state index contributed by atoms with van der Waals surface area (Å²) in [7, 11) is 2.09. The van der Waals surface area contributed by atoms with E-state index in [9.17, 15) is 0 Å². The van der Waals surface area contributed by atoms with Gasteiger partial charge in [0.15, 0.2) is 0 Å². The third-order valence-corrected chi connectivity index (χ3v) is 4.99. The fraction of sp³-hybridized carbons (Fsp3) is 0.467. The molecule has 2 heterocycles. The van der Waals surface area contributed by atoms with E-state index in [2.05, 4.69) is 46.7 Å². The summed E-state index contributed by atoms with van der Waals surface area (Å²) in [5.41, 5.74) is 1.48. The van der Waals surface area contributed by atoms with E-state index in [0.29, 0.717) is 6.04 Å². The third-order valence-electron chi connectivity index (χ3n) is 3.33. The van der Waals surface area contributed by atoms with Gasteiger partial charge in [-0.25, -0.2) is 0 Å². The molecule has 1 unspecified atom stereocenters. The maximum Gasteiger partial charge on any atom is 0.00673 e. The number of nitrogens with one attached hydrogen (secondary N) is 1. The summed E-state index contributed by atoms with van der Waals surface area (Å²) in [6.45, 7) is 0.